The highest BCUT2D eigenvalue weighted by Gasteiger charge is 2.33. The first-order valence-electron chi connectivity index (χ1n) is 24.4. The molecule has 0 amide bonds. The van der Waals surface area contributed by atoms with Gasteiger partial charge in [0.15, 0.2) is 0 Å². The maximum Gasteiger partial charge on any atom is 0.137 e. The molecule has 7 heteroatoms. The summed E-state index contributed by atoms with van der Waals surface area (Å²) in [6.07, 6.45) is 1.92. The highest BCUT2D eigenvalue weighted by molar-refractivity contribution is 6.13. The van der Waals surface area contributed by atoms with Crippen LogP contribution in [0.25, 0.3) is 82.6 Å². The zero-order chi connectivity index (χ0) is 47.4. The van der Waals surface area contributed by atoms with Crippen LogP contribution in [-0.4, -0.2) is 25.4 Å². The number of aromatic nitrogens is 4. The molecule has 0 saturated heterocycles. The highest BCUT2D eigenvalue weighted by Crippen LogP contribution is 2.50. The van der Waals surface area contributed by atoms with Crippen LogP contribution < -0.4 is 14.5 Å². The van der Waals surface area contributed by atoms with Crippen LogP contribution in [0.5, 0.6) is 11.5 Å². The van der Waals surface area contributed by atoms with Crippen LogP contribution in [0.4, 0.5) is 22.7 Å². The molecule has 1 aliphatic heterocycles. The summed E-state index contributed by atoms with van der Waals surface area (Å²) < 4.78 is 14.1. The third-order valence-electron chi connectivity index (χ3n) is 14.5. The van der Waals surface area contributed by atoms with E-state index in [1.54, 1.807) is 0 Å². The molecule has 0 fully saturated rings. The number of rotatable bonds is 7. The third-order valence-corrected chi connectivity index (χ3v) is 14.5. The predicted molar refractivity (Wildman–Crippen MR) is 294 cm³/mol. The Morgan fingerprint density at radius 1 is 0.380 bits per heavy atom. The fourth-order valence-corrected chi connectivity index (χ4v) is 11.3. The van der Waals surface area contributed by atoms with Gasteiger partial charge in [0.05, 0.1) is 61.5 Å². The largest absolute Gasteiger partial charge is 0.457 e. The Morgan fingerprint density at radius 2 is 0.831 bits per heavy atom. The second-order valence-electron chi connectivity index (χ2n) is 19.7. The average molecular weight is 917 g/mol. The quantitative estimate of drug-likeness (QED) is 0.160. The van der Waals surface area contributed by atoms with Crippen LogP contribution in [0.3, 0.4) is 0 Å². The monoisotopic (exact) mass is 916 g/mol. The smallest absolute Gasteiger partial charge is 0.137 e. The van der Waals surface area contributed by atoms with Crippen molar-refractivity contribution in [2.45, 2.75) is 26.2 Å². The molecule has 7 nitrogen and oxygen atoms in total. The number of anilines is 4. The Balaban J connectivity index is 0.912. The first kappa shape index (κ1) is 40.9. The molecule has 340 valence electrons. The number of pyridine rings is 1. The van der Waals surface area contributed by atoms with Crippen molar-refractivity contribution in [1.29, 1.82) is 0 Å². The Morgan fingerprint density at radius 3 is 1.38 bits per heavy atom. The van der Waals surface area contributed by atoms with Crippen LogP contribution in [0.1, 0.15) is 26.3 Å². The van der Waals surface area contributed by atoms with Crippen molar-refractivity contribution >= 4 is 88.2 Å². The molecule has 71 heavy (non-hydrogen) atoms. The molecule has 0 saturated carbocycles. The first-order valence-corrected chi connectivity index (χ1v) is 24.4. The van der Waals surface area contributed by atoms with E-state index in [2.05, 4.69) is 263 Å². The minimum Gasteiger partial charge on any atom is -0.457 e. The fourth-order valence-electron chi connectivity index (χ4n) is 11.3. The summed E-state index contributed by atoms with van der Waals surface area (Å²) in [6.45, 7) is 7.29. The molecular weight excluding hydrogens is 869 g/mol. The summed E-state index contributed by atoms with van der Waals surface area (Å²) in [5.41, 5.74) is 14.6. The molecule has 5 heterocycles. The highest BCUT2D eigenvalue weighted by atomic mass is 16.5. The van der Waals surface area contributed by atoms with Crippen molar-refractivity contribution in [3.05, 3.63) is 230 Å². The lowest BCUT2D eigenvalue weighted by Crippen LogP contribution is -2.26. The van der Waals surface area contributed by atoms with Gasteiger partial charge in [-0.25, -0.2) is 4.98 Å². The molecular formula is C64H48N6O. The SMILES string of the molecule is CC(C)(C)c1ccnc(-n2c3ccccc3c3ccc(Oc4cccc(N5CN(c6c(-n7c8ccccc8c8ccccc87)cccc6-n6c7ccccc7c7ccccc76)c6ccccc65)c4)cc32)c1. The number of para-hydroxylation sites is 8. The van der Waals surface area contributed by atoms with Crippen molar-refractivity contribution < 1.29 is 4.74 Å². The number of ether oxygens (including phenoxy) is 1. The van der Waals surface area contributed by atoms with E-state index in [9.17, 15) is 0 Å². The van der Waals surface area contributed by atoms with Gasteiger partial charge in [0.25, 0.3) is 0 Å². The molecule has 0 atom stereocenters. The van der Waals surface area contributed by atoms with Crippen molar-refractivity contribution in [3.63, 3.8) is 0 Å². The first-order chi connectivity index (χ1) is 34.9. The van der Waals surface area contributed by atoms with Gasteiger partial charge in [-0.2, -0.15) is 0 Å². The summed E-state index contributed by atoms with van der Waals surface area (Å²) >= 11 is 0. The van der Waals surface area contributed by atoms with E-state index in [4.69, 9.17) is 9.72 Å². The Labute approximate surface area is 411 Å². The van der Waals surface area contributed by atoms with E-state index in [1.165, 1.54) is 32.5 Å². The summed E-state index contributed by atoms with van der Waals surface area (Å²) in [7, 11) is 0. The Bertz CT molecular complexity index is 4020. The third kappa shape index (κ3) is 6.39. The van der Waals surface area contributed by atoms with Crippen LogP contribution in [-0.2, 0) is 5.41 Å². The Kier molecular flexibility index (Phi) is 9.08. The van der Waals surface area contributed by atoms with Crippen molar-refractivity contribution in [2.75, 3.05) is 16.5 Å². The molecule has 0 radical (unpaired) electrons. The molecule has 0 bridgehead atoms. The van der Waals surface area contributed by atoms with Gasteiger partial charge in [-0.3, -0.25) is 4.57 Å². The van der Waals surface area contributed by atoms with Crippen LogP contribution in [0.2, 0.25) is 0 Å². The molecule has 0 unspecified atom stereocenters. The van der Waals surface area contributed by atoms with E-state index in [0.29, 0.717) is 6.67 Å². The van der Waals surface area contributed by atoms with E-state index in [0.717, 1.165) is 89.9 Å². The van der Waals surface area contributed by atoms with Crippen LogP contribution in [0, 0.1) is 0 Å². The Hall–Kier alpha value is -9.07. The predicted octanol–water partition coefficient (Wildman–Crippen LogP) is 16.7. The van der Waals surface area contributed by atoms with Crippen molar-refractivity contribution in [1.82, 2.24) is 18.7 Å². The van der Waals surface area contributed by atoms with Gasteiger partial charge in [-0.15, -0.1) is 0 Å². The molecule has 9 aromatic carbocycles. The number of nitrogens with zero attached hydrogens (tertiary/aromatic N) is 6. The number of benzene rings is 9. The molecule has 0 N–H and O–H groups in total. The van der Waals surface area contributed by atoms with Gasteiger partial charge >= 0.3 is 0 Å². The standard InChI is InChI=1S/C64H48N6O/c1-64(2,3)42-36-37-65-62(38-42)70-56-29-13-8-24-50(56)51-35-34-45(40-61(51)70)71-44-19-16-18-43(39-44)66-41-67(58-31-15-14-30-57(58)66)63-59(68-52-25-9-4-20-46(52)47-21-5-10-26-53(47)68)32-17-33-60(63)69-54-27-11-6-22-48(54)49-23-7-12-28-55(49)69/h4-40H,41H2,1-3H3. The summed E-state index contributed by atoms with van der Waals surface area (Å²) in [5, 5.41) is 7.23. The number of hydrogen-bond donors (Lipinski definition) is 0. The molecule has 1 aliphatic rings. The summed E-state index contributed by atoms with van der Waals surface area (Å²) in [5.74, 6) is 2.40. The van der Waals surface area contributed by atoms with E-state index in [-0.39, 0.29) is 5.41 Å². The normalized spacial score (nSPS) is 12.9. The van der Waals surface area contributed by atoms with Gasteiger partial charge in [0, 0.05) is 56.3 Å². The van der Waals surface area contributed by atoms with Gasteiger partial charge < -0.3 is 23.7 Å². The zero-order valence-corrected chi connectivity index (χ0v) is 39.7. The van der Waals surface area contributed by atoms with Crippen LogP contribution in [0.15, 0.2) is 225 Å². The minimum atomic E-state index is -0.0208. The summed E-state index contributed by atoms with van der Waals surface area (Å²) in [6, 6.07) is 78.6. The molecule has 0 aliphatic carbocycles. The summed E-state index contributed by atoms with van der Waals surface area (Å²) in [4.78, 5) is 9.84. The second-order valence-corrected chi connectivity index (χ2v) is 19.7. The maximum absolute atomic E-state index is 6.87. The minimum absolute atomic E-state index is 0.0208. The zero-order valence-electron chi connectivity index (χ0n) is 39.7. The second kappa shape index (κ2) is 15.7. The number of fused-ring (bicyclic) bond motifs is 10. The van der Waals surface area contributed by atoms with Crippen molar-refractivity contribution in [3.8, 4) is 28.7 Å². The average Bonchev–Trinajstić information content (AvgIpc) is 4.15. The molecule has 0 spiro atoms. The fraction of sp³-hybridized carbons (Fsp3) is 0.0781. The maximum atomic E-state index is 6.87. The van der Waals surface area contributed by atoms with E-state index < -0.39 is 0 Å². The van der Waals surface area contributed by atoms with Gasteiger partial charge in [-0.05, 0) is 102 Å². The lowest BCUT2D eigenvalue weighted by molar-refractivity contribution is 0.483. The van der Waals surface area contributed by atoms with Gasteiger partial charge in [-0.1, -0.05) is 136 Å². The van der Waals surface area contributed by atoms with E-state index >= 15 is 0 Å². The molecule has 4 aromatic heterocycles. The topological polar surface area (TPSA) is 43.4 Å². The molecule has 14 rings (SSSR count). The van der Waals surface area contributed by atoms with Gasteiger partial charge in [0.2, 0.25) is 0 Å². The van der Waals surface area contributed by atoms with E-state index in [1.807, 2.05) is 6.20 Å². The lowest BCUT2D eigenvalue weighted by atomic mass is 9.88. The lowest BCUT2D eigenvalue weighted by Gasteiger charge is -2.28. The molecule has 13 aromatic rings. The van der Waals surface area contributed by atoms with Gasteiger partial charge in [0.1, 0.15) is 24.0 Å². The number of hydrogen-bond acceptors (Lipinski definition) is 4. The van der Waals surface area contributed by atoms with Crippen LogP contribution >= 0.6 is 0 Å². The van der Waals surface area contributed by atoms with Crippen molar-refractivity contribution in [2.24, 2.45) is 0 Å².